The van der Waals surface area contributed by atoms with Crippen LogP contribution in [0.4, 0.5) is 4.79 Å². The highest BCUT2D eigenvalue weighted by atomic mass is 79.9. The molecule has 4 rings (SSSR count). The van der Waals surface area contributed by atoms with Crippen LogP contribution in [-0.2, 0) is 23.9 Å². The molecule has 1 aromatic rings. The number of carbonyl (C=O) groups excluding carboxylic acids is 4. The molecule has 43 heavy (non-hydrogen) atoms. The second-order valence-electron chi connectivity index (χ2n) is 12.2. The van der Waals surface area contributed by atoms with Crippen LogP contribution in [0.2, 0.25) is 0 Å². The average Bonchev–Trinajstić information content (AvgIpc) is 3.44. The van der Waals surface area contributed by atoms with E-state index in [1.807, 2.05) is 12.2 Å². The molecular weight excluding hydrogens is 690 g/mol. The number of fused-ring (bicyclic) bond motifs is 2. The highest BCUT2D eigenvalue weighted by Crippen LogP contribution is 2.46. The summed E-state index contributed by atoms with van der Waals surface area (Å²) in [6, 6.07) is -2.62. The molecule has 0 aromatic carbocycles. The Labute approximate surface area is 267 Å². The van der Waals surface area contributed by atoms with Crippen LogP contribution in [0.25, 0.3) is 0 Å². The van der Waals surface area contributed by atoms with Gasteiger partial charge in [0.15, 0.2) is 0 Å². The summed E-state index contributed by atoms with van der Waals surface area (Å²) in [6.07, 6.45) is 8.62. The van der Waals surface area contributed by atoms with Crippen molar-refractivity contribution in [3.8, 4) is 0 Å². The van der Waals surface area contributed by atoms with E-state index in [4.69, 9.17) is 9.47 Å². The van der Waals surface area contributed by atoms with E-state index in [-0.39, 0.29) is 30.0 Å². The van der Waals surface area contributed by atoms with Gasteiger partial charge in [0.25, 0.3) is 5.56 Å². The third-order valence-corrected chi connectivity index (χ3v) is 9.73. The number of amides is 3. The molecule has 0 spiro atoms. The number of allylic oxidation sites excluding steroid dienone is 1. The molecule has 236 valence electrons. The summed E-state index contributed by atoms with van der Waals surface area (Å²) in [6.45, 7) is 7.06. The van der Waals surface area contributed by atoms with Crippen LogP contribution in [-0.4, -0.2) is 74.9 Å². The van der Waals surface area contributed by atoms with E-state index < -0.39 is 58.7 Å². The Bertz CT molecular complexity index is 1340. The topological polar surface area (TPSA) is 149 Å². The number of esters is 1. The standard InChI is InChI=1S/C29H39Br2N5O7/c1-5-42-26(40)29-14-17(29)11-9-7-6-8-10-12-20(33-27(41)43-28(2,3)4)24(38)35-16-18(13-21(35)23(37)34-29)36-25(39)22(31)19(30)15-32-36/h9,11,15,17-18,20-21H,5-8,10,12-14,16H2,1-4H3,(H,33,41)(H,34,37)/b11-9-/t17-,18+,20-,21-,29+/m0/s1. The van der Waals surface area contributed by atoms with Gasteiger partial charge >= 0.3 is 12.1 Å². The second-order valence-corrected chi connectivity index (χ2v) is 13.9. The minimum absolute atomic E-state index is 0.000134. The first kappa shape index (κ1) is 33.2. The highest BCUT2D eigenvalue weighted by molar-refractivity contribution is 9.13. The molecule has 3 amide bonds. The molecule has 1 aromatic heterocycles. The van der Waals surface area contributed by atoms with Crippen LogP contribution < -0.4 is 16.2 Å². The fourth-order valence-electron chi connectivity index (χ4n) is 5.64. The van der Waals surface area contributed by atoms with Gasteiger partial charge in [0.05, 0.1) is 23.3 Å². The second kappa shape index (κ2) is 13.5. The number of hydrogen-bond acceptors (Lipinski definition) is 8. The summed E-state index contributed by atoms with van der Waals surface area (Å²) in [5, 5.41) is 9.89. The number of nitrogens with zero attached hydrogens (tertiary/aromatic N) is 3. The van der Waals surface area contributed by atoms with Crippen molar-refractivity contribution in [1.29, 1.82) is 0 Å². The number of aromatic nitrogens is 2. The van der Waals surface area contributed by atoms with Crippen molar-refractivity contribution in [3.63, 3.8) is 0 Å². The Morgan fingerprint density at radius 3 is 2.63 bits per heavy atom. The SMILES string of the molecule is CCOC(=O)[C@@]12C[C@@H]1/C=C\CCCCC[C@H](NC(=O)OC(C)(C)C)C(=O)N1C[C@H](n3ncc(Br)c(Br)c3=O)C[C@H]1C(=O)N2. The first-order valence-electron chi connectivity index (χ1n) is 14.7. The van der Waals surface area contributed by atoms with Gasteiger partial charge in [-0.2, -0.15) is 5.10 Å². The minimum Gasteiger partial charge on any atom is -0.464 e. The maximum atomic E-state index is 14.1. The van der Waals surface area contributed by atoms with E-state index in [1.54, 1.807) is 27.7 Å². The monoisotopic (exact) mass is 727 g/mol. The summed E-state index contributed by atoms with van der Waals surface area (Å²) in [7, 11) is 0. The average molecular weight is 729 g/mol. The first-order valence-corrected chi connectivity index (χ1v) is 16.2. The molecule has 2 N–H and O–H groups in total. The molecule has 1 saturated carbocycles. The van der Waals surface area contributed by atoms with Crippen LogP contribution in [0.5, 0.6) is 0 Å². The van der Waals surface area contributed by atoms with E-state index in [2.05, 4.69) is 47.6 Å². The van der Waals surface area contributed by atoms with Crippen LogP contribution >= 0.6 is 31.9 Å². The van der Waals surface area contributed by atoms with Gasteiger partial charge in [-0.05, 0) is 85.2 Å². The zero-order valence-corrected chi connectivity index (χ0v) is 28.0. The minimum atomic E-state index is -1.22. The number of ether oxygens (including phenoxy) is 2. The maximum absolute atomic E-state index is 14.1. The lowest BCUT2D eigenvalue weighted by Crippen LogP contribution is -2.56. The molecule has 14 heteroatoms. The Kier molecular flexibility index (Phi) is 10.4. The molecule has 3 heterocycles. The van der Waals surface area contributed by atoms with Crippen LogP contribution in [0.15, 0.2) is 32.1 Å². The summed E-state index contributed by atoms with van der Waals surface area (Å²) in [5.41, 5.74) is -2.42. The van der Waals surface area contributed by atoms with E-state index >= 15 is 0 Å². The molecule has 12 nitrogen and oxygen atoms in total. The van der Waals surface area contributed by atoms with Gasteiger partial charge in [-0.3, -0.25) is 14.4 Å². The summed E-state index contributed by atoms with van der Waals surface area (Å²) < 4.78 is 12.8. The molecular formula is C29H39Br2N5O7. The molecule has 0 radical (unpaired) electrons. The van der Waals surface area contributed by atoms with Crippen molar-refractivity contribution in [1.82, 2.24) is 25.3 Å². The summed E-state index contributed by atoms with van der Waals surface area (Å²) >= 11 is 6.56. The van der Waals surface area contributed by atoms with Gasteiger partial charge in [-0.15, -0.1) is 0 Å². The number of nitrogens with one attached hydrogen (secondary N) is 2. The normalized spacial score (nSPS) is 28.8. The third kappa shape index (κ3) is 7.68. The highest BCUT2D eigenvalue weighted by Gasteiger charge is 2.62. The molecule has 0 unspecified atom stereocenters. The van der Waals surface area contributed by atoms with E-state index in [0.717, 1.165) is 19.3 Å². The van der Waals surface area contributed by atoms with E-state index in [9.17, 15) is 24.0 Å². The van der Waals surface area contributed by atoms with Gasteiger partial charge in [0, 0.05) is 18.9 Å². The van der Waals surface area contributed by atoms with Crippen molar-refractivity contribution in [2.45, 2.75) is 102 Å². The molecule has 2 aliphatic heterocycles. The summed E-state index contributed by atoms with van der Waals surface area (Å²) in [4.78, 5) is 68.4. The van der Waals surface area contributed by atoms with Crippen molar-refractivity contribution in [2.75, 3.05) is 13.2 Å². The fraction of sp³-hybridized carbons (Fsp3) is 0.655. The van der Waals surface area contributed by atoms with Crippen LogP contribution in [0, 0.1) is 5.92 Å². The Morgan fingerprint density at radius 1 is 1.19 bits per heavy atom. The molecule has 5 atom stereocenters. The Hall–Kier alpha value is -2.74. The summed E-state index contributed by atoms with van der Waals surface area (Å²) in [5.74, 6) is -1.75. The number of hydrogen-bond donors (Lipinski definition) is 2. The number of carbonyl (C=O) groups is 4. The van der Waals surface area contributed by atoms with Gasteiger partial charge in [0.2, 0.25) is 11.8 Å². The number of alkyl carbamates (subject to hydrolysis) is 1. The van der Waals surface area contributed by atoms with E-state index in [0.29, 0.717) is 23.7 Å². The van der Waals surface area contributed by atoms with Crippen molar-refractivity contribution in [3.05, 3.63) is 37.6 Å². The van der Waals surface area contributed by atoms with E-state index in [1.165, 1.54) is 15.8 Å². The molecule has 3 aliphatic rings. The molecule has 1 aliphatic carbocycles. The largest absolute Gasteiger partial charge is 0.464 e. The van der Waals surface area contributed by atoms with Crippen molar-refractivity contribution >= 4 is 55.7 Å². The molecule has 0 bridgehead atoms. The predicted octanol–water partition coefficient (Wildman–Crippen LogP) is 3.76. The van der Waals surface area contributed by atoms with Gasteiger partial charge < -0.3 is 25.0 Å². The quantitative estimate of drug-likeness (QED) is 0.352. The molecule has 2 fully saturated rings. The Balaban J connectivity index is 1.70. The number of halogens is 2. The van der Waals surface area contributed by atoms with Crippen molar-refractivity contribution < 1.29 is 28.7 Å². The maximum Gasteiger partial charge on any atom is 0.408 e. The molecule has 1 saturated heterocycles. The Morgan fingerprint density at radius 2 is 1.93 bits per heavy atom. The van der Waals surface area contributed by atoms with Gasteiger partial charge in [0.1, 0.15) is 27.7 Å². The van der Waals surface area contributed by atoms with Gasteiger partial charge in [-0.1, -0.05) is 25.0 Å². The van der Waals surface area contributed by atoms with Crippen molar-refractivity contribution in [2.24, 2.45) is 5.92 Å². The van der Waals surface area contributed by atoms with Crippen LogP contribution in [0.3, 0.4) is 0 Å². The van der Waals surface area contributed by atoms with Crippen LogP contribution in [0.1, 0.15) is 78.7 Å². The lowest BCUT2D eigenvalue weighted by atomic mass is 10.0. The third-order valence-electron chi connectivity index (χ3n) is 7.83. The smallest absolute Gasteiger partial charge is 0.408 e. The predicted molar refractivity (Wildman–Crippen MR) is 164 cm³/mol. The lowest BCUT2D eigenvalue weighted by Gasteiger charge is -2.30. The number of rotatable bonds is 4. The fourth-order valence-corrected chi connectivity index (χ4v) is 6.18. The first-order chi connectivity index (χ1) is 20.3. The lowest BCUT2D eigenvalue weighted by molar-refractivity contribution is -0.150. The zero-order valence-electron chi connectivity index (χ0n) is 24.9. The van der Waals surface area contributed by atoms with Gasteiger partial charge in [-0.25, -0.2) is 14.3 Å². The zero-order chi connectivity index (χ0) is 31.5.